The van der Waals surface area contributed by atoms with Gasteiger partial charge in [-0.1, -0.05) is 12.1 Å². The van der Waals surface area contributed by atoms with Crippen LogP contribution in [0.4, 0.5) is 0 Å². The maximum absolute atomic E-state index is 11.9. The highest BCUT2D eigenvalue weighted by molar-refractivity contribution is 5.76. The van der Waals surface area contributed by atoms with Gasteiger partial charge in [0.15, 0.2) is 0 Å². The third kappa shape index (κ3) is 3.97. The molecule has 0 saturated carbocycles. The zero-order chi connectivity index (χ0) is 14.4. The maximum Gasteiger partial charge on any atom is 0.222 e. The zero-order valence-electron chi connectivity index (χ0n) is 12.4. The van der Waals surface area contributed by atoms with Gasteiger partial charge in [-0.05, 0) is 37.5 Å². The van der Waals surface area contributed by atoms with Crippen LogP contribution >= 0.6 is 0 Å². The average molecular weight is 277 g/mol. The molecule has 4 heteroatoms. The fourth-order valence-electron chi connectivity index (χ4n) is 2.26. The monoisotopic (exact) mass is 277 g/mol. The summed E-state index contributed by atoms with van der Waals surface area (Å²) in [6.45, 7) is 7.47. The topological polar surface area (TPSA) is 38.8 Å². The Morgan fingerprint density at radius 2 is 2.05 bits per heavy atom. The molecule has 1 amide bonds. The number of rotatable bonds is 5. The van der Waals surface area contributed by atoms with E-state index in [9.17, 15) is 4.79 Å². The zero-order valence-corrected chi connectivity index (χ0v) is 12.4. The van der Waals surface area contributed by atoms with Crippen molar-refractivity contribution in [2.45, 2.75) is 26.7 Å². The van der Waals surface area contributed by atoms with E-state index in [1.807, 2.05) is 17.0 Å². The molecule has 1 aliphatic rings. The second kappa shape index (κ2) is 7.29. The highest BCUT2D eigenvalue weighted by Crippen LogP contribution is 2.20. The second-order valence-corrected chi connectivity index (χ2v) is 5.14. The molecule has 0 bridgehead atoms. The molecule has 1 aromatic carbocycles. The first-order valence-electron chi connectivity index (χ1n) is 7.23. The van der Waals surface area contributed by atoms with Gasteiger partial charge in [-0.2, -0.15) is 0 Å². The summed E-state index contributed by atoms with van der Waals surface area (Å²) in [4.78, 5) is 13.8. The summed E-state index contributed by atoms with van der Waals surface area (Å²) in [5, 5.41) is 0. The van der Waals surface area contributed by atoms with Crippen molar-refractivity contribution in [3.8, 4) is 5.75 Å². The molecule has 1 fully saturated rings. The minimum atomic E-state index is 0.206. The number of aryl methyl sites for hydroxylation is 1. The third-order valence-electron chi connectivity index (χ3n) is 3.71. The Morgan fingerprint density at radius 3 is 2.80 bits per heavy atom. The molecule has 1 saturated heterocycles. The van der Waals surface area contributed by atoms with Crippen molar-refractivity contribution in [2.24, 2.45) is 0 Å². The fourth-order valence-corrected chi connectivity index (χ4v) is 2.26. The Balaban J connectivity index is 1.70. The summed E-state index contributed by atoms with van der Waals surface area (Å²) in [6.07, 6.45) is 1.30. The average Bonchev–Trinajstić information content (AvgIpc) is 2.48. The normalized spacial score (nSPS) is 15.2. The van der Waals surface area contributed by atoms with E-state index in [1.54, 1.807) is 0 Å². The first-order chi connectivity index (χ1) is 9.68. The molecular formula is C16H23NO3. The highest BCUT2D eigenvalue weighted by atomic mass is 16.5. The van der Waals surface area contributed by atoms with Crippen LogP contribution in [0.25, 0.3) is 0 Å². The number of hydrogen-bond donors (Lipinski definition) is 0. The minimum absolute atomic E-state index is 0.206. The smallest absolute Gasteiger partial charge is 0.222 e. The molecule has 0 N–H and O–H groups in total. The van der Waals surface area contributed by atoms with Crippen LogP contribution in [0.5, 0.6) is 5.75 Å². The SMILES string of the molecule is Cc1cccc(OCCCC(=O)N2CCOCC2)c1C. The fraction of sp³-hybridized carbons (Fsp3) is 0.562. The number of carbonyl (C=O) groups excluding carboxylic acids is 1. The molecule has 1 aliphatic heterocycles. The van der Waals surface area contributed by atoms with Crippen LogP contribution in [-0.2, 0) is 9.53 Å². The number of nitrogens with zero attached hydrogens (tertiary/aromatic N) is 1. The van der Waals surface area contributed by atoms with Gasteiger partial charge in [-0.15, -0.1) is 0 Å². The summed E-state index contributed by atoms with van der Waals surface area (Å²) in [5.74, 6) is 1.13. The number of benzene rings is 1. The first kappa shape index (κ1) is 14.9. The van der Waals surface area contributed by atoms with Gasteiger partial charge in [-0.3, -0.25) is 4.79 Å². The molecule has 4 nitrogen and oxygen atoms in total. The maximum atomic E-state index is 11.9. The molecule has 2 rings (SSSR count). The number of morpholine rings is 1. The van der Waals surface area contributed by atoms with Gasteiger partial charge >= 0.3 is 0 Å². The van der Waals surface area contributed by atoms with Crippen molar-refractivity contribution < 1.29 is 14.3 Å². The Hall–Kier alpha value is -1.55. The minimum Gasteiger partial charge on any atom is -0.493 e. The van der Waals surface area contributed by atoms with E-state index in [0.29, 0.717) is 26.2 Å². The van der Waals surface area contributed by atoms with Crippen molar-refractivity contribution in [2.75, 3.05) is 32.9 Å². The van der Waals surface area contributed by atoms with Crippen LogP contribution in [0, 0.1) is 13.8 Å². The van der Waals surface area contributed by atoms with Crippen LogP contribution in [0.1, 0.15) is 24.0 Å². The molecule has 110 valence electrons. The van der Waals surface area contributed by atoms with Crippen molar-refractivity contribution >= 4 is 5.91 Å². The summed E-state index contributed by atoms with van der Waals surface area (Å²) in [6, 6.07) is 6.05. The Bertz CT molecular complexity index is 453. The lowest BCUT2D eigenvalue weighted by atomic mass is 10.1. The quantitative estimate of drug-likeness (QED) is 0.775. The number of amides is 1. The second-order valence-electron chi connectivity index (χ2n) is 5.14. The van der Waals surface area contributed by atoms with Crippen molar-refractivity contribution in [3.05, 3.63) is 29.3 Å². The van der Waals surface area contributed by atoms with E-state index in [4.69, 9.17) is 9.47 Å². The van der Waals surface area contributed by atoms with Crippen molar-refractivity contribution in [1.82, 2.24) is 4.90 Å². The van der Waals surface area contributed by atoms with E-state index < -0.39 is 0 Å². The molecule has 0 spiro atoms. The molecule has 0 aromatic heterocycles. The summed E-state index contributed by atoms with van der Waals surface area (Å²) in [5.41, 5.74) is 2.40. The number of carbonyl (C=O) groups is 1. The van der Waals surface area contributed by atoms with E-state index in [-0.39, 0.29) is 5.91 Å². The van der Waals surface area contributed by atoms with Crippen LogP contribution in [0.3, 0.4) is 0 Å². The van der Waals surface area contributed by atoms with Gasteiger partial charge < -0.3 is 14.4 Å². The van der Waals surface area contributed by atoms with Gasteiger partial charge in [0.1, 0.15) is 5.75 Å². The third-order valence-corrected chi connectivity index (χ3v) is 3.71. The molecule has 1 heterocycles. The Labute approximate surface area is 120 Å². The molecule has 0 atom stereocenters. The van der Waals surface area contributed by atoms with E-state index in [0.717, 1.165) is 25.3 Å². The van der Waals surface area contributed by atoms with Crippen molar-refractivity contribution in [1.29, 1.82) is 0 Å². The molecule has 1 aromatic rings. The summed E-state index contributed by atoms with van der Waals surface area (Å²) < 4.78 is 11.0. The number of hydrogen-bond acceptors (Lipinski definition) is 3. The Kier molecular flexibility index (Phi) is 5.41. The lowest BCUT2D eigenvalue weighted by Gasteiger charge is -2.26. The summed E-state index contributed by atoms with van der Waals surface area (Å²) >= 11 is 0. The van der Waals surface area contributed by atoms with Gasteiger partial charge in [-0.25, -0.2) is 0 Å². The number of ether oxygens (including phenoxy) is 2. The van der Waals surface area contributed by atoms with E-state index >= 15 is 0 Å². The molecule has 0 radical (unpaired) electrons. The lowest BCUT2D eigenvalue weighted by molar-refractivity contribution is -0.135. The van der Waals surface area contributed by atoms with Gasteiger partial charge in [0, 0.05) is 19.5 Å². The standard InChI is InChI=1S/C16H23NO3/c1-13-5-3-6-15(14(13)2)20-10-4-7-16(18)17-8-11-19-12-9-17/h3,5-6H,4,7-12H2,1-2H3. The highest BCUT2D eigenvalue weighted by Gasteiger charge is 2.16. The molecular weight excluding hydrogens is 254 g/mol. The Morgan fingerprint density at radius 1 is 1.30 bits per heavy atom. The van der Waals surface area contributed by atoms with Crippen LogP contribution in [0.15, 0.2) is 18.2 Å². The van der Waals surface area contributed by atoms with Crippen LogP contribution in [-0.4, -0.2) is 43.7 Å². The molecule has 20 heavy (non-hydrogen) atoms. The molecule has 0 unspecified atom stereocenters. The lowest BCUT2D eigenvalue weighted by Crippen LogP contribution is -2.40. The largest absolute Gasteiger partial charge is 0.493 e. The van der Waals surface area contributed by atoms with Crippen molar-refractivity contribution in [3.63, 3.8) is 0 Å². The predicted octanol–water partition coefficient (Wildman–Crippen LogP) is 2.32. The summed E-state index contributed by atoms with van der Waals surface area (Å²) in [7, 11) is 0. The van der Waals surface area contributed by atoms with Gasteiger partial charge in [0.25, 0.3) is 0 Å². The first-order valence-corrected chi connectivity index (χ1v) is 7.23. The van der Waals surface area contributed by atoms with Gasteiger partial charge in [0.2, 0.25) is 5.91 Å². The van der Waals surface area contributed by atoms with E-state index in [2.05, 4.69) is 19.9 Å². The van der Waals surface area contributed by atoms with E-state index in [1.165, 1.54) is 11.1 Å². The molecule has 0 aliphatic carbocycles. The predicted molar refractivity (Wildman–Crippen MR) is 78.0 cm³/mol. The van der Waals surface area contributed by atoms with Crippen LogP contribution < -0.4 is 4.74 Å². The van der Waals surface area contributed by atoms with Gasteiger partial charge in [0.05, 0.1) is 19.8 Å². The van der Waals surface area contributed by atoms with Crippen LogP contribution in [0.2, 0.25) is 0 Å².